The van der Waals surface area contributed by atoms with Gasteiger partial charge in [-0.15, -0.1) is 0 Å². The molecule has 1 aromatic rings. The van der Waals surface area contributed by atoms with E-state index in [4.69, 9.17) is 0 Å². The van der Waals surface area contributed by atoms with E-state index in [1.54, 1.807) is 5.56 Å². The number of benzene rings is 1. The van der Waals surface area contributed by atoms with E-state index in [1.807, 2.05) is 0 Å². The summed E-state index contributed by atoms with van der Waals surface area (Å²) in [6.45, 7) is 6.76. The fourth-order valence-corrected chi connectivity index (χ4v) is 2.75. The molecular formula is C17H27N. The van der Waals surface area contributed by atoms with E-state index in [-0.39, 0.29) is 0 Å². The van der Waals surface area contributed by atoms with Crippen LogP contribution in [0.15, 0.2) is 18.2 Å². The molecule has 0 amide bonds. The quantitative estimate of drug-likeness (QED) is 0.763. The Morgan fingerprint density at radius 1 is 1.17 bits per heavy atom. The summed E-state index contributed by atoms with van der Waals surface area (Å²) in [6.07, 6.45) is 7.93. The Kier molecular flexibility index (Phi) is 5.25. The van der Waals surface area contributed by atoms with Crippen LogP contribution in [0.25, 0.3) is 0 Å². The molecular weight excluding hydrogens is 218 g/mol. The molecule has 0 radical (unpaired) electrons. The van der Waals surface area contributed by atoms with Gasteiger partial charge in [0.15, 0.2) is 0 Å². The Balaban J connectivity index is 1.88. The second kappa shape index (κ2) is 6.94. The maximum Gasteiger partial charge on any atom is 0.0205 e. The molecule has 0 aromatic heterocycles. The maximum atomic E-state index is 3.61. The first-order valence-electron chi connectivity index (χ1n) is 7.64. The number of hydrogen-bond acceptors (Lipinski definition) is 1. The van der Waals surface area contributed by atoms with Crippen LogP contribution in [0.2, 0.25) is 0 Å². The Hall–Kier alpha value is -0.820. The first-order chi connectivity index (χ1) is 8.83. The highest BCUT2D eigenvalue weighted by Gasteiger charge is 2.16. The van der Waals surface area contributed by atoms with E-state index in [2.05, 4.69) is 37.4 Å². The molecule has 100 valence electrons. The summed E-state index contributed by atoms with van der Waals surface area (Å²) in [5.41, 5.74) is 4.54. The molecule has 1 saturated carbocycles. The third-order valence-electron chi connectivity index (χ3n) is 4.16. The average molecular weight is 245 g/mol. The molecule has 1 aliphatic rings. The van der Waals surface area contributed by atoms with Crippen LogP contribution in [0, 0.1) is 5.92 Å². The molecule has 0 unspecified atom stereocenters. The number of rotatable bonds is 7. The van der Waals surface area contributed by atoms with E-state index in [0.29, 0.717) is 0 Å². The van der Waals surface area contributed by atoms with Crippen LogP contribution in [0.1, 0.15) is 56.2 Å². The maximum absolute atomic E-state index is 3.61. The van der Waals surface area contributed by atoms with Crippen molar-refractivity contribution in [1.29, 1.82) is 0 Å². The molecule has 1 nitrogen and oxygen atoms in total. The highest BCUT2D eigenvalue weighted by molar-refractivity contribution is 5.32. The lowest BCUT2D eigenvalue weighted by Crippen LogP contribution is -2.26. The summed E-state index contributed by atoms with van der Waals surface area (Å²) >= 11 is 0. The zero-order valence-corrected chi connectivity index (χ0v) is 12.0. The van der Waals surface area contributed by atoms with Crippen LogP contribution in [-0.4, -0.2) is 6.54 Å². The average Bonchev–Trinajstić information content (AvgIpc) is 2.33. The lowest BCUT2D eigenvalue weighted by atomic mass is 9.85. The third-order valence-corrected chi connectivity index (χ3v) is 4.16. The van der Waals surface area contributed by atoms with Gasteiger partial charge < -0.3 is 5.32 Å². The summed E-state index contributed by atoms with van der Waals surface area (Å²) in [4.78, 5) is 0. The molecule has 0 saturated heterocycles. The van der Waals surface area contributed by atoms with E-state index in [9.17, 15) is 0 Å². The van der Waals surface area contributed by atoms with Crippen molar-refractivity contribution in [3.05, 3.63) is 34.9 Å². The topological polar surface area (TPSA) is 12.0 Å². The minimum atomic E-state index is 0.954. The van der Waals surface area contributed by atoms with Crippen molar-refractivity contribution < 1.29 is 0 Å². The molecule has 1 N–H and O–H groups in total. The van der Waals surface area contributed by atoms with Crippen LogP contribution in [0.5, 0.6) is 0 Å². The van der Waals surface area contributed by atoms with Gasteiger partial charge in [0.25, 0.3) is 0 Å². The molecule has 18 heavy (non-hydrogen) atoms. The third kappa shape index (κ3) is 3.58. The molecule has 0 spiro atoms. The zero-order chi connectivity index (χ0) is 12.8. The Bertz CT molecular complexity index is 366. The molecule has 0 bridgehead atoms. The lowest BCUT2D eigenvalue weighted by molar-refractivity contribution is 0.301. The highest BCUT2D eigenvalue weighted by Crippen LogP contribution is 2.25. The first kappa shape index (κ1) is 13.6. The predicted octanol–water partition coefficient (Wildman–Crippen LogP) is 4.09. The van der Waals surface area contributed by atoms with Crippen molar-refractivity contribution in [1.82, 2.24) is 5.32 Å². The van der Waals surface area contributed by atoms with Gasteiger partial charge in [0.1, 0.15) is 0 Å². The Morgan fingerprint density at radius 3 is 2.61 bits per heavy atom. The number of nitrogens with one attached hydrogen (secondary N) is 1. The second-order valence-corrected chi connectivity index (χ2v) is 5.63. The number of aryl methyl sites for hydroxylation is 2. The van der Waals surface area contributed by atoms with Gasteiger partial charge in [0, 0.05) is 6.54 Å². The summed E-state index contributed by atoms with van der Waals surface area (Å²) < 4.78 is 0. The predicted molar refractivity (Wildman–Crippen MR) is 78.9 cm³/mol. The first-order valence-corrected chi connectivity index (χ1v) is 7.64. The van der Waals surface area contributed by atoms with Gasteiger partial charge in [0.2, 0.25) is 0 Å². The van der Waals surface area contributed by atoms with Gasteiger partial charge in [-0.3, -0.25) is 0 Å². The minimum Gasteiger partial charge on any atom is -0.312 e. The summed E-state index contributed by atoms with van der Waals surface area (Å²) in [5, 5.41) is 3.61. The fourth-order valence-electron chi connectivity index (χ4n) is 2.75. The van der Waals surface area contributed by atoms with Crippen molar-refractivity contribution >= 4 is 0 Å². The van der Waals surface area contributed by atoms with Crippen molar-refractivity contribution in [3.63, 3.8) is 0 Å². The van der Waals surface area contributed by atoms with Gasteiger partial charge in [-0.05, 0) is 54.8 Å². The van der Waals surface area contributed by atoms with Crippen LogP contribution < -0.4 is 5.32 Å². The standard InChI is InChI=1S/C17H27N/c1-3-6-17-11-15(9-10-16(17)4-2)13-18-12-14-7-5-8-14/h9-11,14,18H,3-8,12-13H2,1-2H3. The zero-order valence-electron chi connectivity index (χ0n) is 12.0. The monoisotopic (exact) mass is 245 g/mol. The van der Waals surface area contributed by atoms with Crippen LogP contribution in [0.3, 0.4) is 0 Å². The van der Waals surface area contributed by atoms with Crippen molar-refractivity contribution in [2.24, 2.45) is 5.92 Å². The van der Waals surface area contributed by atoms with Crippen LogP contribution >= 0.6 is 0 Å². The molecule has 0 heterocycles. The summed E-state index contributed by atoms with van der Waals surface area (Å²) in [5.74, 6) is 0.954. The van der Waals surface area contributed by atoms with Crippen molar-refractivity contribution in [3.8, 4) is 0 Å². The molecule has 1 aromatic carbocycles. The number of hydrogen-bond donors (Lipinski definition) is 1. The highest BCUT2D eigenvalue weighted by atomic mass is 14.9. The van der Waals surface area contributed by atoms with Crippen LogP contribution in [0.4, 0.5) is 0 Å². The summed E-state index contributed by atoms with van der Waals surface area (Å²) in [6, 6.07) is 7.03. The van der Waals surface area contributed by atoms with Crippen LogP contribution in [-0.2, 0) is 19.4 Å². The van der Waals surface area contributed by atoms with Gasteiger partial charge in [-0.1, -0.05) is 44.9 Å². The molecule has 1 heteroatoms. The largest absolute Gasteiger partial charge is 0.312 e. The smallest absolute Gasteiger partial charge is 0.0205 e. The fraction of sp³-hybridized carbons (Fsp3) is 0.647. The molecule has 0 atom stereocenters. The van der Waals surface area contributed by atoms with Gasteiger partial charge in [0.05, 0.1) is 0 Å². The normalized spacial score (nSPS) is 15.7. The van der Waals surface area contributed by atoms with Crippen molar-refractivity contribution in [2.45, 2.75) is 58.9 Å². The molecule has 2 rings (SSSR count). The molecule has 1 fully saturated rings. The van der Waals surface area contributed by atoms with E-state index < -0.39 is 0 Å². The SMILES string of the molecule is CCCc1cc(CNCC2CCC2)ccc1CC. The van der Waals surface area contributed by atoms with Crippen molar-refractivity contribution in [2.75, 3.05) is 6.54 Å². The Labute approximate surface area is 112 Å². The van der Waals surface area contributed by atoms with Gasteiger partial charge in [-0.2, -0.15) is 0 Å². The minimum absolute atomic E-state index is 0.954. The van der Waals surface area contributed by atoms with E-state index in [0.717, 1.165) is 18.9 Å². The Morgan fingerprint density at radius 2 is 2.00 bits per heavy atom. The van der Waals surface area contributed by atoms with Gasteiger partial charge >= 0.3 is 0 Å². The molecule has 0 aliphatic heterocycles. The lowest BCUT2D eigenvalue weighted by Gasteiger charge is -2.25. The second-order valence-electron chi connectivity index (χ2n) is 5.63. The van der Waals surface area contributed by atoms with E-state index in [1.165, 1.54) is 49.8 Å². The summed E-state index contributed by atoms with van der Waals surface area (Å²) in [7, 11) is 0. The van der Waals surface area contributed by atoms with Gasteiger partial charge in [-0.25, -0.2) is 0 Å². The van der Waals surface area contributed by atoms with E-state index >= 15 is 0 Å². The molecule has 1 aliphatic carbocycles.